The van der Waals surface area contributed by atoms with Crippen molar-refractivity contribution in [3.05, 3.63) is 29.6 Å². The van der Waals surface area contributed by atoms with Crippen LogP contribution in [0.15, 0.2) is 23.1 Å². The Morgan fingerprint density at radius 3 is 2.61 bits per heavy atom. The van der Waals surface area contributed by atoms with Crippen LogP contribution in [0.5, 0.6) is 0 Å². The number of sulfonamides is 1. The van der Waals surface area contributed by atoms with E-state index in [1.807, 2.05) is 0 Å². The third kappa shape index (κ3) is 2.11. The van der Waals surface area contributed by atoms with Gasteiger partial charge in [0.1, 0.15) is 10.7 Å². The molecular formula is C11H12FNO4S. The van der Waals surface area contributed by atoms with E-state index in [4.69, 9.17) is 5.11 Å². The number of benzene rings is 1. The maximum atomic E-state index is 13.5. The minimum Gasteiger partial charge on any atom is -0.481 e. The van der Waals surface area contributed by atoms with Gasteiger partial charge in [-0.2, -0.15) is 4.31 Å². The van der Waals surface area contributed by atoms with E-state index in [9.17, 15) is 17.6 Å². The highest BCUT2D eigenvalue weighted by Crippen LogP contribution is 2.27. The number of aryl methyl sites for hydroxylation is 1. The summed E-state index contributed by atoms with van der Waals surface area (Å²) >= 11 is 0. The Hall–Kier alpha value is -1.47. The van der Waals surface area contributed by atoms with Gasteiger partial charge in [-0.25, -0.2) is 12.8 Å². The fourth-order valence-electron chi connectivity index (χ4n) is 1.74. The summed E-state index contributed by atoms with van der Waals surface area (Å²) in [6.07, 6.45) is 0. The van der Waals surface area contributed by atoms with Crippen LogP contribution in [0, 0.1) is 18.7 Å². The Bertz CT molecular complexity index is 593. The molecule has 0 amide bonds. The number of halogens is 1. The number of carbonyl (C=O) groups is 1. The quantitative estimate of drug-likeness (QED) is 0.885. The van der Waals surface area contributed by atoms with E-state index in [1.54, 1.807) is 6.92 Å². The van der Waals surface area contributed by atoms with Crippen LogP contribution in [0.25, 0.3) is 0 Å². The van der Waals surface area contributed by atoms with Gasteiger partial charge in [0.2, 0.25) is 10.0 Å². The molecule has 5 nitrogen and oxygen atoms in total. The molecule has 0 radical (unpaired) electrons. The normalized spacial score (nSPS) is 17.4. The van der Waals surface area contributed by atoms with E-state index >= 15 is 0 Å². The summed E-state index contributed by atoms with van der Waals surface area (Å²) in [6, 6.07) is 3.82. The molecule has 0 aromatic heterocycles. The zero-order valence-electron chi connectivity index (χ0n) is 9.63. The van der Waals surface area contributed by atoms with Gasteiger partial charge in [-0.05, 0) is 24.6 Å². The lowest BCUT2D eigenvalue weighted by atomic mass is 10.0. The topological polar surface area (TPSA) is 74.7 Å². The average molecular weight is 273 g/mol. The molecule has 98 valence electrons. The van der Waals surface area contributed by atoms with Crippen LogP contribution >= 0.6 is 0 Å². The lowest BCUT2D eigenvalue weighted by Crippen LogP contribution is -2.52. The molecule has 1 aliphatic rings. The number of carboxylic acid groups (broad SMARTS) is 1. The number of carboxylic acids is 1. The van der Waals surface area contributed by atoms with Crippen molar-refractivity contribution in [1.82, 2.24) is 4.31 Å². The summed E-state index contributed by atoms with van der Waals surface area (Å²) in [5.74, 6) is -2.56. The Kier molecular flexibility index (Phi) is 3.12. The molecule has 0 unspecified atom stereocenters. The maximum absolute atomic E-state index is 13.5. The highest BCUT2D eigenvalue weighted by Gasteiger charge is 2.41. The Morgan fingerprint density at radius 2 is 2.06 bits per heavy atom. The maximum Gasteiger partial charge on any atom is 0.309 e. The van der Waals surface area contributed by atoms with Gasteiger partial charge in [0.25, 0.3) is 0 Å². The number of nitrogens with zero attached hydrogens (tertiary/aromatic N) is 1. The third-order valence-electron chi connectivity index (χ3n) is 2.90. The monoisotopic (exact) mass is 273 g/mol. The van der Waals surface area contributed by atoms with Gasteiger partial charge in [0, 0.05) is 13.1 Å². The van der Waals surface area contributed by atoms with Crippen LogP contribution in [0.2, 0.25) is 0 Å². The summed E-state index contributed by atoms with van der Waals surface area (Å²) in [4.78, 5) is 10.2. The molecule has 18 heavy (non-hydrogen) atoms. The largest absolute Gasteiger partial charge is 0.481 e. The molecule has 1 fully saturated rings. The van der Waals surface area contributed by atoms with Gasteiger partial charge in [-0.3, -0.25) is 4.79 Å². The van der Waals surface area contributed by atoms with Crippen LogP contribution in [-0.4, -0.2) is 36.9 Å². The van der Waals surface area contributed by atoms with Crippen LogP contribution in [0.1, 0.15) is 5.56 Å². The Balaban J connectivity index is 2.28. The molecule has 0 bridgehead atoms. The molecule has 0 aliphatic carbocycles. The highest BCUT2D eigenvalue weighted by molar-refractivity contribution is 7.89. The van der Waals surface area contributed by atoms with Crippen molar-refractivity contribution in [2.24, 2.45) is 5.92 Å². The molecule has 1 aliphatic heterocycles. The van der Waals surface area contributed by atoms with E-state index in [-0.39, 0.29) is 13.1 Å². The molecule has 7 heteroatoms. The predicted molar refractivity (Wildman–Crippen MR) is 61.0 cm³/mol. The summed E-state index contributed by atoms with van der Waals surface area (Å²) in [6.45, 7) is 1.45. The Morgan fingerprint density at radius 1 is 1.44 bits per heavy atom. The van der Waals surface area contributed by atoms with Gasteiger partial charge in [0.15, 0.2) is 0 Å². The second-order valence-corrected chi connectivity index (χ2v) is 6.20. The van der Waals surface area contributed by atoms with Crippen LogP contribution in [0.4, 0.5) is 4.39 Å². The number of rotatable bonds is 3. The van der Waals surface area contributed by atoms with Crippen molar-refractivity contribution in [2.45, 2.75) is 11.8 Å². The van der Waals surface area contributed by atoms with E-state index in [1.165, 1.54) is 12.1 Å². The number of aliphatic carboxylic acids is 1. The highest BCUT2D eigenvalue weighted by atomic mass is 32.2. The fraction of sp³-hybridized carbons (Fsp3) is 0.364. The number of hydrogen-bond acceptors (Lipinski definition) is 3. The zero-order valence-corrected chi connectivity index (χ0v) is 10.4. The first-order valence-corrected chi connectivity index (χ1v) is 6.75. The van der Waals surface area contributed by atoms with Crippen molar-refractivity contribution in [3.8, 4) is 0 Å². The second-order valence-electron chi connectivity index (χ2n) is 4.29. The number of hydrogen-bond donors (Lipinski definition) is 1. The van der Waals surface area contributed by atoms with Gasteiger partial charge >= 0.3 is 5.97 Å². The average Bonchev–Trinajstić information content (AvgIpc) is 2.18. The first-order valence-electron chi connectivity index (χ1n) is 5.31. The summed E-state index contributed by atoms with van der Waals surface area (Å²) in [7, 11) is -3.93. The molecule has 1 heterocycles. The van der Waals surface area contributed by atoms with E-state index in [2.05, 4.69) is 0 Å². The SMILES string of the molecule is Cc1ccc(F)c(S(=O)(=O)N2CC(C(=O)O)C2)c1. The van der Waals surface area contributed by atoms with Crippen molar-refractivity contribution >= 4 is 16.0 Å². The third-order valence-corrected chi connectivity index (χ3v) is 4.75. The van der Waals surface area contributed by atoms with Crippen molar-refractivity contribution in [3.63, 3.8) is 0 Å². The molecule has 0 atom stereocenters. The van der Waals surface area contributed by atoms with Gasteiger partial charge < -0.3 is 5.11 Å². The lowest BCUT2D eigenvalue weighted by molar-refractivity contribution is -0.145. The second kappa shape index (κ2) is 4.33. The molecule has 1 saturated heterocycles. The van der Waals surface area contributed by atoms with Crippen LogP contribution in [-0.2, 0) is 14.8 Å². The van der Waals surface area contributed by atoms with E-state index in [0.29, 0.717) is 5.56 Å². The molecule has 1 N–H and O–H groups in total. The molecule has 0 spiro atoms. The van der Waals surface area contributed by atoms with E-state index < -0.39 is 32.6 Å². The first-order chi connectivity index (χ1) is 8.32. The lowest BCUT2D eigenvalue weighted by Gasteiger charge is -2.35. The standard InChI is InChI=1S/C11H12FNO4S/c1-7-2-3-9(12)10(4-7)18(16,17)13-5-8(6-13)11(14)15/h2-4,8H,5-6H2,1H3,(H,14,15). The first kappa shape index (κ1) is 13.0. The predicted octanol–water partition coefficient (Wildman–Crippen LogP) is 0.839. The molecule has 2 rings (SSSR count). The van der Waals surface area contributed by atoms with Crippen molar-refractivity contribution in [1.29, 1.82) is 0 Å². The molecule has 1 aromatic carbocycles. The zero-order chi connectivity index (χ0) is 13.5. The van der Waals surface area contributed by atoms with Crippen molar-refractivity contribution < 1.29 is 22.7 Å². The summed E-state index contributed by atoms with van der Waals surface area (Å²) in [5.41, 5.74) is 0.630. The Labute approximate surface area is 104 Å². The summed E-state index contributed by atoms with van der Waals surface area (Å²) < 4.78 is 38.6. The van der Waals surface area contributed by atoms with Gasteiger partial charge in [-0.15, -0.1) is 0 Å². The minimum atomic E-state index is -3.93. The summed E-state index contributed by atoms with van der Waals surface area (Å²) in [5, 5.41) is 8.69. The van der Waals surface area contributed by atoms with Crippen LogP contribution in [0.3, 0.4) is 0 Å². The molecule has 1 aromatic rings. The molecule has 0 saturated carbocycles. The van der Waals surface area contributed by atoms with Crippen molar-refractivity contribution in [2.75, 3.05) is 13.1 Å². The van der Waals surface area contributed by atoms with E-state index in [0.717, 1.165) is 10.4 Å². The molecular weight excluding hydrogens is 261 g/mol. The van der Waals surface area contributed by atoms with Gasteiger partial charge in [-0.1, -0.05) is 6.07 Å². The fourth-order valence-corrected chi connectivity index (χ4v) is 3.42. The smallest absolute Gasteiger partial charge is 0.309 e. The minimum absolute atomic E-state index is 0.106. The van der Waals surface area contributed by atoms with Gasteiger partial charge in [0.05, 0.1) is 5.92 Å². The van der Waals surface area contributed by atoms with Crippen LogP contribution < -0.4 is 0 Å².